The highest BCUT2D eigenvalue weighted by Gasteiger charge is 2.20. The lowest BCUT2D eigenvalue weighted by Crippen LogP contribution is -2.14. The largest absolute Gasteiger partial charge is 0.462 e. The number of esters is 1. The molecule has 0 unspecified atom stereocenters. The molecule has 0 radical (unpaired) electrons. The van der Waals surface area contributed by atoms with Crippen LogP contribution in [-0.2, 0) is 4.74 Å². The molecular formula is C15H14N2O3. The van der Waals surface area contributed by atoms with Gasteiger partial charge in [0, 0.05) is 17.1 Å². The predicted octanol–water partition coefficient (Wildman–Crippen LogP) is 2.27. The van der Waals surface area contributed by atoms with Crippen LogP contribution in [0.15, 0.2) is 35.1 Å². The SMILES string of the molecule is CCOC(=O)c1c2ccccc2n2c(=O)cc(C)[nH]c12. The standard InChI is InChI=1S/C15H14N2O3/c1-3-20-15(19)13-10-6-4-5-7-11(10)17-12(18)8-9(2)16-14(13)17/h4-8,16H,3H2,1-2H3. The van der Waals surface area contributed by atoms with Crippen molar-refractivity contribution >= 4 is 22.5 Å². The van der Waals surface area contributed by atoms with E-state index in [9.17, 15) is 9.59 Å². The second kappa shape index (κ2) is 4.52. The molecule has 20 heavy (non-hydrogen) atoms. The molecule has 1 N–H and O–H groups in total. The highest BCUT2D eigenvalue weighted by molar-refractivity contribution is 6.10. The van der Waals surface area contributed by atoms with Crippen LogP contribution in [0.5, 0.6) is 0 Å². The molecule has 0 aliphatic carbocycles. The summed E-state index contributed by atoms with van der Waals surface area (Å²) in [6.45, 7) is 3.83. The number of nitrogens with one attached hydrogen (secondary N) is 1. The number of para-hydroxylation sites is 1. The summed E-state index contributed by atoms with van der Waals surface area (Å²) in [7, 11) is 0. The fourth-order valence-corrected chi connectivity index (χ4v) is 2.47. The molecule has 1 aromatic carbocycles. The van der Waals surface area contributed by atoms with E-state index in [4.69, 9.17) is 4.74 Å². The molecule has 0 aliphatic rings. The molecule has 5 heteroatoms. The quantitative estimate of drug-likeness (QED) is 0.726. The minimum atomic E-state index is -0.424. The van der Waals surface area contributed by atoms with Crippen molar-refractivity contribution in [3.05, 3.63) is 51.9 Å². The van der Waals surface area contributed by atoms with Gasteiger partial charge < -0.3 is 9.72 Å². The van der Waals surface area contributed by atoms with E-state index in [-0.39, 0.29) is 5.56 Å². The van der Waals surface area contributed by atoms with Gasteiger partial charge >= 0.3 is 5.97 Å². The van der Waals surface area contributed by atoms with Gasteiger partial charge in [-0.2, -0.15) is 0 Å². The first kappa shape index (κ1) is 12.5. The second-order valence-electron chi connectivity index (χ2n) is 4.59. The number of nitrogens with zero attached hydrogens (tertiary/aromatic N) is 1. The van der Waals surface area contributed by atoms with Crippen molar-refractivity contribution in [2.45, 2.75) is 13.8 Å². The van der Waals surface area contributed by atoms with Gasteiger partial charge in [-0.15, -0.1) is 0 Å². The van der Waals surface area contributed by atoms with E-state index in [1.54, 1.807) is 13.8 Å². The molecule has 0 fully saturated rings. The Morgan fingerprint density at radius 3 is 2.85 bits per heavy atom. The number of aromatic nitrogens is 2. The van der Waals surface area contributed by atoms with Gasteiger partial charge in [0.2, 0.25) is 0 Å². The molecule has 0 bridgehead atoms. The number of aryl methyl sites for hydroxylation is 1. The fourth-order valence-electron chi connectivity index (χ4n) is 2.47. The number of hydrogen-bond acceptors (Lipinski definition) is 3. The minimum absolute atomic E-state index is 0.164. The number of ether oxygens (including phenoxy) is 1. The Balaban J connectivity index is 2.52. The number of aromatic amines is 1. The van der Waals surface area contributed by atoms with Crippen LogP contribution in [0.4, 0.5) is 0 Å². The van der Waals surface area contributed by atoms with E-state index in [1.165, 1.54) is 10.5 Å². The minimum Gasteiger partial charge on any atom is -0.462 e. The summed E-state index contributed by atoms with van der Waals surface area (Å²) >= 11 is 0. The third-order valence-electron chi connectivity index (χ3n) is 3.23. The zero-order chi connectivity index (χ0) is 14.3. The number of hydrogen-bond donors (Lipinski definition) is 1. The molecule has 102 valence electrons. The summed E-state index contributed by atoms with van der Waals surface area (Å²) in [4.78, 5) is 27.5. The first-order chi connectivity index (χ1) is 9.63. The molecule has 5 nitrogen and oxygen atoms in total. The molecule has 0 aliphatic heterocycles. The third-order valence-corrected chi connectivity index (χ3v) is 3.23. The Kier molecular flexibility index (Phi) is 2.82. The molecule has 0 saturated carbocycles. The van der Waals surface area contributed by atoms with Crippen LogP contribution in [0.1, 0.15) is 23.0 Å². The lowest BCUT2D eigenvalue weighted by Gasteiger charge is -2.02. The number of fused-ring (bicyclic) bond motifs is 3. The molecule has 2 aromatic heterocycles. The summed E-state index contributed by atoms with van der Waals surface area (Å²) in [5.41, 5.74) is 2.13. The van der Waals surface area contributed by atoms with Gasteiger partial charge in [0.25, 0.3) is 5.56 Å². The summed E-state index contributed by atoms with van der Waals surface area (Å²) < 4.78 is 6.62. The second-order valence-corrected chi connectivity index (χ2v) is 4.59. The lowest BCUT2D eigenvalue weighted by atomic mass is 10.2. The van der Waals surface area contributed by atoms with Crippen molar-refractivity contribution in [2.75, 3.05) is 6.61 Å². The van der Waals surface area contributed by atoms with Gasteiger partial charge in [-0.1, -0.05) is 18.2 Å². The summed E-state index contributed by atoms with van der Waals surface area (Å²) in [5, 5.41) is 0.713. The van der Waals surface area contributed by atoms with Gasteiger partial charge in [0.05, 0.1) is 12.1 Å². The van der Waals surface area contributed by atoms with Gasteiger partial charge in [0.15, 0.2) is 0 Å². The Labute approximate surface area is 114 Å². The molecule has 0 amide bonds. The molecule has 3 aromatic rings. The van der Waals surface area contributed by atoms with Crippen LogP contribution >= 0.6 is 0 Å². The number of H-pyrrole nitrogens is 1. The maximum atomic E-state index is 12.2. The van der Waals surface area contributed by atoms with Crippen molar-refractivity contribution in [1.29, 1.82) is 0 Å². The van der Waals surface area contributed by atoms with E-state index in [0.29, 0.717) is 34.4 Å². The molecular weight excluding hydrogens is 256 g/mol. The fraction of sp³-hybridized carbons (Fsp3) is 0.200. The van der Waals surface area contributed by atoms with Crippen molar-refractivity contribution in [3.63, 3.8) is 0 Å². The van der Waals surface area contributed by atoms with Crippen LogP contribution in [-0.4, -0.2) is 22.0 Å². The molecule has 0 saturated heterocycles. The first-order valence-electron chi connectivity index (χ1n) is 6.43. The zero-order valence-electron chi connectivity index (χ0n) is 11.3. The average Bonchev–Trinajstić information content (AvgIpc) is 2.72. The first-order valence-corrected chi connectivity index (χ1v) is 6.43. The van der Waals surface area contributed by atoms with Crippen molar-refractivity contribution in [2.24, 2.45) is 0 Å². The van der Waals surface area contributed by atoms with Crippen LogP contribution in [0.3, 0.4) is 0 Å². The third kappa shape index (κ3) is 1.71. The number of rotatable bonds is 2. The van der Waals surface area contributed by atoms with Gasteiger partial charge in [0.1, 0.15) is 11.2 Å². The zero-order valence-corrected chi connectivity index (χ0v) is 11.3. The number of carbonyl (C=O) groups excluding carboxylic acids is 1. The van der Waals surface area contributed by atoms with E-state index in [1.807, 2.05) is 24.3 Å². The number of benzene rings is 1. The molecule has 3 rings (SSSR count). The number of carbonyl (C=O) groups is 1. The Hall–Kier alpha value is -2.56. The van der Waals surface area contributed by atoms with Crippen LogP contribution in [0.2, 0.25) is 0 Å². The topological polar surface area (TPSA) is 63.6 Å². The molecule has 0 spiro atoms. The van der Waals surface area contributed by atoms with Crippen LogP contribution in [0, 0.1) is 6.92 Å². The lowest BCUT2D eigenvalue weighted by molar-refractivity contribution is 0.0530. The Morgan fingerprint density at radius 2 is 2.10 bits per heavy atom. The van der Waals surface area contributed by atoms with E-state index < -0.39 is 5.97 Å². The Bertz CT molecular complexity index is 874. The molecule has 0 atom stereocenters. The predicted molar refractivity (Wildman–Crippen MR) is 76.2 cm³/mol. The average molecular weight is 270 g/mol. The van der Waals surface area contributed by atoms with Gasteiger partial charge in [-0.3, -0.25) is 9.20 Å². The van der Waals surface area contributed by atoms with E-state index in [2.05, 4.69) is 4.98 Å². The maximum absolute atomic E-state index is 12.2. The maximum Gasteiger partial charge on any atom is 0.342 e. The normalized spacial score (nSPS) is 11.1. The molecule has 2 heterocycles. The summed E-state index contributed by atoms with van der Waals surface area (Å²) in [5.74, 6) is -0.424. The van der Waals surface area contributed by atoms with Crippen molar-refractivity contribution in [3.8, 4) is 0 Å². The van der Waals surface area contributed by atoms with E-state index in [0.717, 1.165) is 0 Å². The van der Waals surface area contributed by atoms with Crippen molar-refractivity contribution < 1.29 is 9.53 Å². The smallest absolute Gasteiger partial charge is 0.342 e. The summed E-state index contributed by atoms with van der Waals surface area (Å²) in [6, 6.07) is 8.81. The van der Waals surface area contributed by atoms with E-state index >= 15 is 0 Å². The van der Waals surface area contributed by atoms with Gasteiger partial charge in [-0.25, -0.2) is 4.79 Å². The van der Waals surface area contributed by atoms with Crippen molar-refractivity contribution in [1.82, 2.24) is 9.38 Å². The summed E-state index contributed by atoms with van der Waals surface area (Å²) in [6.07, 6.45) is 0. The highest BCUT2D eigenvalue weighted by atomic mass is 16.5. The Morgan fingerprint density at radius 1 is 1.35 bits per heavy atom. The van der Waals surface area contributed by atoms with Crippen LogP contribution < -0.4 is 5.56 Å². The van der Waals surface area contributed by atoms with Gasteiger partial charge in [-0.05, 0) is 19.9 Å². The highest BCUT2D eigenvalue weighted by Crippen LogP contribution is 2.25. The monoisotopic (exact) mass is 270 g/mol. The van der Waals surface area contributed by atoms with Crippen LogP contribution in [0.25, 0.3) is 16.6 Å².